The van der Waals surface area contributed by atoms with Crippen molar-refractivity contribution in [2.24, 2.45) is 0 Å². The monoisotopic (exact) mass is 183 g/mol. The number of halogens is 1. The second kappa shape index (κ2) is 4.67. The van der Waals surface area contributed by atoms with E-state index in [0.717, 1.165) is 6.20 Å². The first-order valence-electron chi connectivity index (χ1n) is 3.83. The number of hydrogen-bond acceptors (Lipinski definition) is 3. The van der Waals surface area contributed by atoms with Gasteiger partial charge in [0.25, 0.3) is 0 Å². The van der Waals surface area contributed by atoms with Crippen LogP contribution in [0.25, 0.3) is 0 Å². The fourth-order valence-electron chi connectivity index (χ4n) is 0.925. The number of carbonyl (C=O) groups excluding carboxylic acids is 1. The first kappa shape index (κ1) is 9.80. The van der Waals surface area contributed by atoms with Gasteiger partial charge in [-0.3, -0.25) is 9.78 Å². The molecule has 0 unspecified atom stereocenters. The van der Waals surface area contributed by atoms with E-state index in [4.69, 9.17) is 0 Å². The van der Waals surface area contributed by atoms with E-state index in [1.807, 2.05) is 0 Å². The van der Waals surface area contributed by atoms with Crippen LogP contribution in [0.2, 0.25) is 0 Å². The standard InChI is InChI=1S/C9H10FNO2/c1-13-6-9(12)4-8-3-2-7(10)5-11-8/h2-3,5H,4,6H2,1H3. The smallest absolute Gasteiger partial charge is 0.164 e. The lowest BCUT2D eigenvalue weighted by Crippen LogP contribution is -2.10. The van der Waals surface area contributed by atoms with Crippen LogP contribution in [0.3, 0.4) is 0 Å². The molecule has 0 aromatic carbocycles. The zero-order valence-electron chi connectivity index (χ0n) is 7.29. The summed E-state index contributed by atoms with van der Waals surface area (Å²) in [5.41, 5.74) is 0.559. The quantitative estimate of drug-likeness (QED) is 0.698. The van der Waals surface area contributed by atoms with Crippen LogP contribution >= 0.6 is 0 Å². The fourth-order valence-corrected chi connectivity index (χ4v) is 0.925. The topological polar surface area (TPSA) is 39.2 Å². The number of rotatable bonds is 4. The average Bonchev–Trinajstić information content (AvgIpc) is 2.09. The number of pyridine rings is 1. The third kappa shape index (κ3) is 3.29. The third-order valence-corrected chi connectivity index (χ3v) is 1.47. The molecule has 0 N–H and O–H groups in total. The highest BCUT2D eigenvalue weighted by Crippen LogP contribution is 1.99. The first-order chi connectivity index (χ1) is 6.22. The van der Waals surface area contributed by atoms with Gasteiger partial charge in [-0.25, -0.2) is 4.39 Å². The number of methoxy groups -OCH3 is 1. The largest absolute Gasteiger partial charge is 0.377 e. The first-order valence-corrected chi connectivity index (χ1v) is 3.83. The van der Waals surface area contributed by atoms with Gasteiger partial charge in [-0.2, -0.15) is 0 Å². The predicted octanol–water partition coefficient (Wildman–Crippen LogP) is 0.979. The Morgan fingerprint density at radius 1 is 1.62 bits per heavy atom. The Morgan fingerprint density at radius 3 is 2.92 bits per heavy atom. The van der Waals surface area contributed by atoms with Crippen molar-refractivity contribution in [3.8, 4) is 0 Å². The van der Waals surface area contributed by atoms with Crippen LogP contribution in [0.15, 0.2) is 18.3 Å². The van der Waals surface area contributed by atoms with Gasteiger partial charge in [-0.1, -0.05) is 0 Å². The summed E-state index contributed by atoms with van der Waals surface area (Å²) < 4.78 is 17.0. The molecule has 3 nitrogen and oxygen atoms in total. The van der Waals surface area contributed by atoms with Gasteiger partial charge >= 0.3 is 0 Å². The number of carbonyl (C=O) groups is 1. The molecule has 0 aliphatic carbocycles. The van der Waals surface area contributed by atoms with E-state index in [1.54, 1.807) is 0 Å². The normalized spacial score (nSPS) is 10.0. The van der Waals surface area contributed by atoms with E-state index >= 15 is 0 Å². The maximum atomic E-state index is 12.4. The van der Waals surface area contributed by atoms with Gasteiger partial charge in [0.1, 0.15) is 12.4 Å². The molecule has 1 aromatic heterocycles. The summed E-state index contributed by atoms with van der Waals surface area (Å²) in [5.74, 6) is -0.468. The lowest BCUT2D eigenvalue weighted by molar-refractivity contribution is -0.122. The Kier molecular flexibility index (Phi) is 3.52. The van der Waals surface area contributed by atoms with Gasteiger partial charge in [-0.05, 0) is 12.1 Å². The van der Waals surface area contributed by atoms with Crippen LogP contribution in [0.5, 0.6) is 0 Å². The summed E-state index contributed by atoms with van der Waals surface area (Å²) in [6.07, 6.45) is 1.28. The fraction of sp³-hybridized carbons (Fsp3) is 0.333. The molecule has 0 aliphatic heterocycles. The van der Waals surface area contributed by atoms with Crippen LogP contribution in [0, 0.1) is 5.82 Å². The Balaban J connectivity index is 2.54. The molecule has 1 heterocycles. The molecule has 13 heavy (non-hydrogen) atoms. The molecule has 0 amide bonds. The molecule has 0 fully saturated rings. The molecular formula is C9H10FNO2. The highest BCUT2D eigenvalue weighted by Gasteiger charge is 2.03. The zero-order chi connectivity index (χ0) is 9.68. The van der Waals surface area contributed by atoms with Gasteiger partial charge in [-0.15, -0.1) is 0 Å². The van der Waals surface area contributed by atoms with Crippen molar-refractivity contribution in [2.75, 3.05) is 13.7 Å². The highest BCUT2D eigenvalue weighted by atomic mass is 19.1. The molecule has 70 valence electrons. The van der Waals surface area contributed by atoms with Crippen LogP contribution in [-0.4, -0.2) is 24.5 Å². The van der Waals surface area contributed by atoms with E-state index in [9.17, 15) is 9.18 Å². The maximum Gasteiger partial charge on any atom is 0.164 e. The van der Waals surface area contributed by atoms with Crippen LogP contribution < -0.4 is 0 Å². The molecule has 1 rings (SSSR count). The summed E-state index contributed by atoms with van der Waals surface area (Å²) in [4.78, 5) is 14.8. The molecule has 0 aliphatic rings. The van der Waals surface area contributed by atoms with Gasteiger partial charge in [0.15, 0.2) is 5.78 Å². The number of hydrogen-bond donors (Lipinski definition) is 0. The second-order valence-corrected chi connectivity index (χ2v) is 2.62. The SMILES string of the molecule is COCC(=O)Cc1ccc(F)cn1. The van der Waals surface area contributed by atoms with Crippen LogP contribution in [0.1, 0.15) is 5.69 Å². The lowest BCUT2D eigenvalue weighted by Gasteiger charge is -1.98. The molecule has 0 radical (unpaired) electrons. The van der Waals surface area contributed by atoms with Crippen molar-refractivity contribution in [3.63, 3.8) is 0 Å². The van der Waals surface area contributed by atoms with E-state index < -0.39 is 5.82 Å². The van der Waals surface area contributed by atoms with Crippen LogP contribution in [-0.2, 0) is 16.0 Å². The third-order valence-electron chi connectivity index (χ3n) is 1.47. The van der Waals surface area contributed by atoms with Gasteiger partial charge in [0.2, 0.25) is 0 Å². The minimum atomic E-state index is -0.400. The number of ether oxygens (including phenoxy) is 1. The van der Waals surface area contributed by atoms with Crippen molar-refractivity contribution < 1.29 is 13.9 Å². The number of ketones is 1. The number of aromatic nitrogens is 1. The van der Waals surface area contributed by atoms with Gasteiger partial charge in [0, 0.05) is 12.8 Å². The summed E-state index contributed by atoms with van der Waals surface area (Å²) >= 11 is 0. The van der Waals surface area contributed by atoms with Gasteiger partial charge < -0.3 is 4.74 Å². The predicted molar refractivity (Wildman–Crippen MR) is 44.8 cm³/mol. The summed E-state index contributed by atoms with van der Waals surface area (Å²) in [5, 5.41) is 0. The molecule has 0 saturated carbocycles. The Hall–Kier alpha value is -1.29. The van der Waals surface area contributed by atoms with Crippen molar-refractivity contribution in [1.29, 1.82) is 0 Å². The molecule has 4 heteroatoms. The molecule has 0 saturated heterocycles. The van der Waals surface area contributed by atoms with E-state index in [-0.39, 0.29) is 18.8 Å². The number of nitrogens with zero attached hydrogens (tertiary/aromatic N) is 1. The Labute approximate surface area is 75.6 Å². The zero-order valence-corrected chi connectivity index (χ0v) is 7.29. The number of Topliss-reactive ketones (excluding diaryl/α,β-unsaturated/α-hetero) is 1. The van der Waals surface area contributed by atoms with Crippen molar-refractivity contribution in [3.05, 3.63) is 29.8 Å². The lowest BCUT2D eigenvalue weighted by atomic mass is 10.2. The van der Waals surface area contributed by atoms with Crippen molar-refractivity contribution in [2.45, 2.75) is 6.42 Å². The average molecular weight is 183 g/mol. The molecule has 0 bridgehead atoms. The van der Waals surface area contributed by atoms with Crippen LogP contribution in [0.4, 0.5) is 4.39 Å². The van der Waals surface area contributed by atoms with E-state index in [2.05, 4.69) is 9.72 Å². The van der Waals surface area contributed by atoms with Crippen molar-refractivity contribution >= 4 is 5.78 Å². The molecule has 0 atom stereocenters. The summed E-state index contributed by atoms with van der Waals surface area (Å²) in [6.45, 7) is 0.0685. The maximum absolute atomic E-state index is 12.4. The minimum Gasteiger partial charge on any atom is -0.377 e. The Bertz CT molecular complexity index is 284. The molecule has 1 aromatic rings. The highest BCUT2D eigenvalue weighted by molar-refractivity contribution is 5.81. The Morgan fingerprint density at radius 2 is 2.38 bits per heavy atom. The van der Waals surface area contributed by atoms with E-state index in [0.29, 0.717) is 5.69 Å². The molecule has 0 spiro atoms. The van der Waals surface area contributed by atoms with E-state index in [1.165, 1.54) is 19.2 Å². The minimum absolute atomic E-state index is 0.0680. The second-order valence-electron chi connectivity index (χ2n) is 2.62. The van der Waals surface area contributed by atoms with Crippen molar-refractivity contribution in [1.82, 2.24) is 4.98 Å². The summed E-state index contributed by atoms with van der Waals surface area (Å²) in [7, 11) is 1.45. The summed E-state index contributed by atoms with van der Waals surface area (Å²) in [6, 6.07) is 2.77. The van der Waals surface area contributed by atoms with Gasteiger partial charge in [0.05, 0.1) is 12.6 Å². The molecular weight excluding hydrogens is 173 g/mol.